The lowest BCUT2D eigenvalue weighted by atomic mass is 9.48. The lowest BCUT2D eigenvalue weighted by Crippen LogP contribution is -2.49. The molecule has 4 aliphatic rings. The number of allylic oxidation sites excluding steroid dienone is 4. The Kier molecular flexibility index (Phi) is 5.67. The molecule has 4 rings (SSSR count). The number of hydrogen-bond acceptors (Lipinski definition) is 1. The standard InChI is InChI=1S/C28H44O/c1-18(2)19(3)7-8-20(4)24-11-12-25-23-10-9-21-17-22(29)13-15-27(21,5)26(23)14-16-28(24,25)6/h7-8,10,18-21,24-26H,9,11-17H2,1-6H3/t19?,20-,21?,24-,25+,26+,27+,28-/m1/s1. The first kappa shape index (κ1) is 21.4. The van der Waals surface area contributed by atoms with Crippen LogP contribution in [-0.2, 0) is 4.79 Å². The smallest absolute Gasteiger partial charge is 0.133 e. The highest BCUT2D eigenvalue weighted by atomic mass is 16.1. The van der Waals surface area contributed by atoms with Crippen molar-refractivity contribution in [1.29, 1.82) is 0 Å². The van der Waals surface area contributed by atoms with Gasteiger partial charge >= 0.3 is 0 Å². The van der Waals surface area contributed by atoms with Gasteiger partial charge < -0.3 is 0 Å². The Morgan fingerprint density at radius 2 is 1.69 bits per heavy atom. The van der Waals surface area contributed by atoms with Gasteiger partial charge in [0.1, 0.15) is 5.78 Å². The molecule has 1 heteroatoms. The van der Waals surface area contributed by atoms with Crippen molar-refractivity contribution >= 4 is 5.78 Å². The van der Waals surface area contributed by atoms with E-state index in [0.717, 1.165) is 49.4 Å². The zero-order chi connectivity index (χ0) is 21.0. The molecule has 8 atom stereocenters. The largest absolute Gasteiger partial charge is 0.300 e. The highest BCUT2D eigenvalue weighted by molar-refractivity contribution is 5.79. The molecule has 0 bridgehead atoms. The van der Waals surface area contributed by atoms with Gasteiger partial charge in [-0.05, 0) is 90.8 Å². The fourth-order valence-corrected chi connectivity index (χ4v) is 7.91. The molecule has 4 aliphatic carbocycles. The van der Waals surface area contributed by atoms with Crippen LogP contribution in [0.1, 0.15) is 92.9 Å². The SMILES string of the molecule is CC(C)C(C)C=C[C@@H](C)[C@H]1CC[C@H]2C3=CCC4CC(=O)CC[C@]4(C)[C@H]3CC[C@]12C. The van der Waals surface area contributed by atoms with Crippen LogP contribution in [-0.4, -0.2) is 5.78 Å². The van der Waals surface area contributed by atoms with E-state index >= 15 is 0 Å². The summed E-state index contributed by atoms with van der Waals surface area (Å²) in [7, 11) is 0. The molecule has 162 valence electrons. The molecule has 0 heterocycles. The van der Waals surface area contributed by atoms with Gasteiger partial charge in [0.05, 0.1) is 0 Å². The molecule has 2 unspecified atom stereocenters. The van der Waals surface area contributed by atoms with Gasteiger partial charge in [0.2, 0.25) is 0 Å². The van der Waals surface area contributed by atoms with E-state index in [2.05, 4.69) is 59.8 Å². The van der Waals surface area contributed by atoms with Gasteiger partial charge in [-0.2, -0.15) is 0 Å². The van der Waals surface area contributed by atoms with Crippen molar-refractivity contribution in [1.82, 2.24) is 0 Å². The minimum atomic E-state index is 0.385. The van der Waals surface area contributed by atoms with Gasteiger partial charge in [0, 0.05) is 12.8 Å². The lowest BCUT2D eigenvalue weighted by molar-refractivity contribution is -0.127. The van der Waals surface area contributed by atoms with Crippen LogP contribution < -0.4 is 0 Å². The molecular formula is C28H44O. The topological polar surface area (TPSA) is 17.1 Å². The average molecular weight is 397 g/mol. The second-order valence-corrected chi connectivity index (χ2v) is 12.1. The third-order valence-electron chi connectivity index (χ3n) is 10.4. The number of Topliss-reactive ketones (excluding diaryl/α,β-unsaturated/α-hetero) is 1. The van der Waals surface area contributed by atoms with Crippen LogP contribution in [0, 0.1) is 52.3 Å². The van der Waals surface area contributed by atoms with E-state index in [0.29, 0.717) is 34.4 Å². The highest BCUT2D eigenvalue weighted by Crippen LogP contribution is 2.66. The van der Waals surface area contributed by atoms with E-state index in [1.165, 1.54) is 25.7 Å². The zero-order valence-corrected chi connectivity index (χ0v) is 19.8. The van der Waals surface area contributed by atoms with E-state index < -0.39 is 0 Å². The highest BCUT2D eigenvalue weighted by Gasteiger charge is 2.57. The first-order valence-electron chi connectivity index (χ1n) is 12.6. The van der Waals surface area contributed by atoms with Crippen molar-refractivity contribution in [2.24, 2.45) is 52.3 Å². The molecule has 1 nitrogen and oxygen atoms in total. The quantitative estimate of drug-likeness (QED) is 0.447. The first-order valence-corrected chi connectivity index (χ1v) is 12.6. The Bertz CT molecular complexity index is 699. The Balaban J connectivity index is 1.55. The summed E-state index contributed by atoms with van der Waals surface area (Å²) in [6, 6.07) is 0. The normalized spacial score (nSPS) is 44.2. The molecular weight excluding hydrogens is 352 g/mol. The summed E-state index contributed by atoms with van der Waals surface area (Å²) >= 11 is 0. The number of hydrogen-bond donors (Lipinski definition) is 0. The molecule has 0 aromatic rings. The van der Waals surface area contributed by atoms with Gasteiger partial charge in [0.25, 0.3) is 0 Å². The Labute approximate surface area is 179 Å². The summed E-state index contributed by atoms with van der Waals surface area (Å²) in [5, 5.41) is 0. The summed E-state index contributed by atoms with van der Waals surface area (Å²) in [5.41, 5.74) is 2.68. The van der Waals surface area contributed by atoms with Crippen molar-refractivity contribution in [2.75, 3.05) is 0 Å². The second-order valence-electron chi connectivity index (χ2n) is 12.1. The van der Waals surface area contributed by atoms with Crippen LogP contribution in [0.4, 0.5) is 0 Å². The molecule has 29 heavy (non-hydrogen) atoms. The summed E-state index contributed by atoms with van der Waals surface area (Å²) in [5.74, 6) is 5.57. The Hall–Kier alpha value is -0.850. The van der Waals surface area contributed by atoms with Crippen molar-refractivity contribution in [3.63, 3.8) is 0 Å². The van der Waals surface area contributed by atoms with E-state index in [-0.39, 0.29) is 0 Å². The lowest BCUT2D eigenvalue weighted by Gasteiger charge is -2.57. The number of rotatable bonds is 4. The summed E-state index contributed by atoms with van der Waals surface area (Å²) in [6.07, 6.45) is 17.2. The van der Waals surface area contributed by atoms with Crippen LogP contribution in [0.25, 0.3) is 0 Å². The fourth-order valence-electron chi connectivity index (χ4n) is 7.91. The first-order chi connectivity index (χ1) is 13.7. The second kappa shape index (κ2) is 7.69. The number of carbonyl (C=O) groups is 1. The van der Waals surface area contributed by atoms with Crippen LogP contribution in [0.2, 0.25) is 0 Å². The maximum Gasteiger partial charge on any atom is 0.133 e. The van der Waals surface area contributed by atoms with Gasteiger partial charge in [-0.3, -0.25) is 4.79 Å². The maximum atomic E-state index is 12.1. The maximum absolute atomic E-state index is 12.1. The molecule has 0 saturated heterocycles. The minimum Gasteiger partial charge on any atom is -0.300 e. The molecule has 0 amide bonds. The Morgan fingerprint density at radius 1 is 0.966 bits per heavy atom. The summed E-state index contributed by atoms with van der Waals surface area (Å²) < 4.78 is 0. The third kappa shape index (κ3) is 3.49. The number of carbonyl (C=O) groups excluding carboxylic acids is 1. The van der Waals surface area contributed by atoms with Gasteiger partial charge in [-0.15, -0.1) is 0 Å². The molecule has 0 aliphatic heterocycles. The van der Waals surface area contributed by atoms with Crippen LogP contribution in [0.15, 0.2) is 23.8 Å². The fraction of sp³-hybridized carbons (Fsp3) is 0.821. The Morgan fingerprint density at radius 3 is 2.41 bits per heavy atom. The van der Waals surface area contributed by atoms with Gasteiger partial charge in [-0.25, -0.2) is 0 Å². The van der Waals surface area contributed by atoms with Gasteiger partial charge in [0.15, 0.2) is 0 Å². The van der Waals surface area contributed by atoms with Crippen molar-refractivity contribution in [2.45, 2.75) is 92.9 Å². The molecule has 3 fully saturated rings. The van der Waals surface area contributed by atoms with Crippen LogP contribution in [0.5, 0.6) is 0 Å². The monoisotopic (exact) mass is 396 g/mol. The summed E-state index contributed by atoms with van der Waals surface area (Å²) in [4.78, 5) is 12.1. The van der Waals surface area contributed by atoms with Crippen LogP contribution >= 0.6 is 0 Å². The van der Waals surface area contributed by atoms with Crippen LogP contribution in [0.3, 0.4) is 0 Å². The van der Waals surface area contributed by atoms with E-state index in [4.69, 9.17) is 0 Å². The summed E-state index contributed by atoms with van der Waals surface area (Å²) in [6.45, 7) is 14.7. The van der Waals surface area contributed by atoms with Crippen molar-refractivity contribution < 1.29 is 4.79 Å². The predicted octanol–water partition coefficient (Wildman–Crippen LogP) is 7.62. The number of fused-ring (bicyclic) bond motifs is 5. The average Bonchev–Trinajstić information content (AvgIpc) is 3.03. The van der Waals surface area contributed by atoms with Gasteiger partial charge in [-0.1, -0.05) is 65.3 Å². The molecule has 0 aromatic heterocycles. The molecule has 0 spiro atoms. The molecule has 0 aromatic carbocycles. The third-order valence-corrected chi connectivity index (χ3v) is 10.4. The minimum absolute atomic E-state index is 0.385. The zero-order valence-electron chi connectivity index (χ0n) is 19.8. The molecule has 3 saturated carbocycles. The van der Waals surface area contributed by atoms with Crippen molar-refractivity contribution in [3.05, 3.63) is 23.8 Å². The predicted molar refractivity (Wildman–Crippen MR) is 123 cm³/mol. The molecule has 0 N–H and O–H groups in total. The number of ketones is 1. The molecule has 0 radical (unpaired) electrons. The van der Waals surface area contributed by atoms with E-state index in [9.17, 15) is 4.79 Å². The van der Waals surface area contributed by atoms with E-state index in [1.54, 1.807) is 0 Å². The van der Waals surface area contributed by atoms with Crippen molar-refractivity contribution in [3.8, 4) is 0 Å². The van der Waals surface area contributed by atoms with E-state index in [1.807, 2.05) is 5.57 Å².